The molecule has 3 amide bonds. The molecule has 0 aliphatic carbocycles. The van der Waals surface area contributed by atoms with E-state index in [0.29, 0.717) is 6.54 Å². The highest BCUT2D eigenvalue weighted by atomic mass is 32.2. The number of carbonyl (C=O) groups excluding carboxylic acids is 4. The van der Waals surface area contributed by atoms with Crippen LogP contribution >= 0.6 is 11.8 Å². The number of benzene rings is 1. The van der Waals surface area contributed by atoms with Gasteiger partial charge in [0.05, 0.1) is 12.3 Å². The second-order valence-corrected chi connectivity index (χ2v) is 9.70. The van der Waals surface area contributed by atoms with E-state index in [0.717, 1.165) is 42.3 Å². The van der Waals surface area contributed by atoms with Gasteiger partial charge in [-0.1, -0.05) is 36.9 Å². The zero-order valence-corrected chi connectivity index (χ0v) is 20.0. The molecule has 0 aromatic heterocycles. The van der Waals surface area contributed by atoms with Crippen molar-refractivity contribution in [2.75, 3.05) is 24.2 Å². The first-order valence-electron chi connectivity index (χ1n) is 10.9. The van der Waals surface area contributed by atoms with Crippen LogP contribution in [0.4, 0.5) is 10.5 Å². The average molecular weight is 464 g/mol. The van der Waals surface area contributed by atoms with Crippen LogP contribution in [0, 0.1) is 0 Å². The maximum atomic E-state index is 12.3. The molecule has 8 nitrogen and oxygen atoms in total. The van der Waals surface area contributed by atoms with Crippen LogP contribution in [0.25, 0.3) is 0 Å². The van der Waals surface area contributed by atoms with Gasteiger partial charge in [-0.25, -0.2) is 4.79 Å². The number of para-hydroxylation sites is 1. The van der Waals surface area contributed by atoms with Crippen LogP contribution in [-0.2, 0) is 25.5 Å². The van der Waals surface area contributed by atoms with Crippen LogP contribution in [0.15, 0.2) is 24.3 Å². The molecule has 1 heterocycles. The first-order valence-corrected chi connectivity index (χ1v) is 11.9. The summed E-state index contributed by atoms with van der Waals surface area (Å²) < 4.78 is 5.40. The lowest BCUT2D eigenvalue weighted by atomic mass is 10.1. The Morgan fingerprint density at radius 2 is 1.88 bits per heavy atom. The lowest BCUT2D eigenvalue weighted by Gasteiger charge is -2.28. The largest absolute Gasteiger partial charge is 0.444 e. The van der Waals surface area contributed by atoms with Gasteiger partial charge in [0.1, 0.15) is 5.60 Å². The third-order valence-electron chi connectivity index (χ3n) is 4.89. The summed E-state index contributed by atoms with van der Waals surface area (Å²) in [5.41, 5.74) is 1.17. The monoisotopic (exact) mass is 463 g/mol. The third kappa shape index (κ3) is 8.53. The molecule has 1 aromatic rings. The number of rotatable bonds is 8. The topological polar surface area (TPSA) is 105 Å². The van der Waals surface area contributed by atoms with Crippen molar-refractivity contribution in [3.05, 3.63) is 29.8 Å². The van der Waals surface area contributed by atoms with Crippen LogP contribution in [0.5, 0.6) is 0 Å². The number of hydrogen-bond donors (Lipinski definition) is 2. The number of nitrogens with zero attached hydrogens (tertiary/aromatic N) is 1. The minimum absolute atomic E-state index is 0.0260. The van der Waals surface area contributed by atoms with Crippen molar-refractivity contribution in [1.29, 1.82) is 0 Å². The van der Waals surface area contributed by atoms with E-state index >= 15 is 0 Å². The van der Waals surface area contributed by atoms with E-state index in [-0.39, 0.29) is 41.7 Å². The molecule has 1 aliphatic rings. The molecule has 0 unspecified atom stereocenters. The highest BCUT2D eigenvalue weighted by Crippen LogP contribution is 2.23. The van der Waals surface area contributed by atoms with Crippen molar-refractivity contribution in [3.8, 4) is 0 Å². The highest BCUT2D eigenvalue weighted by molar-refractivity contribution is 8.14. The van der Waals surface area contributed by atoms with E-state index in [1.54, 1.807) is 25.7 Å². The van der Waals surface area contributed by atoms with Crippen LogP contribution in [0.3, 0.4) is 0 Å². The SMILES string of the molecule is CCc1ccccc1NC(=O)CSC(=O)CNC(=O)C[C@@H]1CCCN1C(=O)OC(C)(C)C. The summed E-state index contributed by atoms with van der Waals surface area (Å²) in [6.07, 6.45) is 2.01. The average Bonchev–Trinajstić information content (AvgIpc) is 3.18. The van der Waals surface area contributed by atoms with Crippen molar-refractivity contribution in [2.45, 2.75) is 65.0 Å². The Balaban J connectivity index is 1.71. The molecule has 1 saturated heterocycles. The summed E-state index contributed by atoms with van der Waals surface area (Å²) in [7, 11) is 0. The molecule has 0 spiro atoms. The Labute approximate surface area is 193 Å². The molecule has 32 heavy (non-hydrogen) atoms. The normalized spacial score (nSPS) is 15.9. The quantitative estimate of drug-likeness (QED) is 0.613. The van der Waals surface area contributed by atoms with Gasteiger partial charge in [0.2, 0.25) is 16.9 Å². The first kappa shape index (κ1) is 25.7. The molecule has 0 bridgehead atoms. The van der Waals surface area contributed by atoms with Gasteiger partial charge >= 0.3 is 6.09 Å². The number of thioether (sulfide) groups is 1. The summed E-state index contributed by atoms with van der Waals surface area (Å²) in [4.78, 5) is 50.4. The van der Waals surface area contributed by atoms with Gasteiger partial charge in [-0.2, -0.15) is 0 Å². The molecule has 2 N–H and O–H groups in total. The fourth-order valence-electron chi connectivity index (χ4n) is 3.40. The van der Waals surface area contributed by atoms with Crippen molar-refractivity contribution in [3.63, 3.8) is 0 Å². The van der Waals surface area contributed by atoms with Crippen molar-refractivity contribution in [2.24, 2.45) is 0 Å². The zero-order valence-electron chi connectivity index (χ0n) is 19.2. The maximum Gasteiger partial charge on any atom is 0.410 e. The fraction of sp³-hybridized carbons (Fsp3) is 0.565. The van der Waals surface area contributed by atoms with Crippen molar-refractivity contribution < 1.29 is 23.9 Å². The third-order valence-corrected chi connectivity index (χ3v) is 5.77. The second kappa shape index (κ2) is 11.9. The van der Waals surface area contributed by atoms with Crippen LogP contribution in [-0.4, -0.2) is 58.4 Å². The Kier molecular flexibility index (Phi) is 9.56. The molecule has 176 valence electrons. The predicted molar refractivity (Wildman–Crippen MR) is 126 cm³/mol. The van der Waals surface area contributed by atoms with Crippen LogP contribution < -0.4 is 10.6 Å². The highest BCUT2D eigenvalue weighted by Gasteiger charge is 2.33. The molecule has 0 saturated carbocycles. The van der Waals surface area contributed by atoms with E-state index < -0.39 is 11.7 Å². The first-order chi connectivity index (χ1) is 15.1. The Morgan fingerprint density at radius 3 is 2.56 bits per heavy atom. The van der Waals surface area contributed by atoms with Crippen LogP contribution in [0.1, 0.15) is 52.5 Å². The standard InChI is InChI=1S/C23H33N3O5S/c1-5-16-9-6-7-11-18(16)25-20(28)15-32-21(29)14-24-19(27)13-17-10-8-12-26(17)22(30)31-23(2,3)4/h6-7,9,11,17H,5,8,10,12-15H2,1-4H3,(H,24,27)(H,25,28)/t17-/m0/s1. The maximum absolute atomic E-state index is 12.3. The Hall–Kier alpha value is -2.55. The molecule has 1 atom stereocenters. The van der Waals surface area contributed by atoms with Crippen molar-refractivity contribution >= 4 is 40.5 Å². The second-order valence-electron chi connectivity index (χ2n) is 8.67. The number of likely N-dealkylation sites (tertiary alicyclic amines) is 1. The summed E-state index contributed by atoms with van der Waals surface area (Å²) in [5.74, 6) is -0.600. The molecular weight excluding hydrogens is 430 g/mol. The predicted octanol–water partition coefficient (Wildman–Crippen LogP) is 3.35. The van der Waals surface area contributed by atoms with E-state index in [4.69, 9.17) is 4.74 Å². The number of ether oxygens (including phenoxy) is 1. The van der Waals surface area contributed by atoms with E-state index in [1.165, 1.54) is 0 Å². The number of carbonyl (C=O) groups is 4. The molecule has 2 rings (SSSR count). The molecule has 1 aromatic carbocycles. The fourth-order valence-corrected chi connectivity index (χ4v) is 3.94. The van der Waals surface area contributed by atoms with Crippen LogP contribution in [0.2, 0.25) is 0 Å². The number of nitrogens with one attached hydrogen (secondary N) is 2. The lowest BCUT2D eigenvalue weighted by molar-refractivity contribution is -0.123. The molecule has 0 radical (unpaired) electrons. The lowest BCUT2D eigenvalue weighted by Crippen LogP contribution is -2.42. The minimum atomic E-state index is -0.596. The van der Waals surface area contributed by atoms with Crippen molar-refractivity contribution in [1.82, 2.24) is 10.2 Å². The van der Waals surface area contributed by atoms with Gasteiger partial charge in [-0.3, -0.25) is 14.4 Å². The number of anilines is 1. The van der Waals surface area contributed by atoms with Gasteiger partial charge in [-0.15, -0.1) is 0 Å². The van der Waals surface area contributed by atoms with Gasteiger partial charge in [0.25, 0.3) is 0 Å². The van der Waals surface area contributed by atoms with Gasteiger partial charge in [0, 0.05) is 24.7 Å². The number of amides is 3. The van der Waals surface area contributed by atoms with Gasteiger partial charge < -0.3 is 20.3 Å². The number of aryl methyl sites for hydroxylation is 1. The molecule has 9 heteroatoms. The summed E-state index contributed by atoms with van der Waals surface area (Å²) in [5, 5.41) is 5.10. The summed E-state index contributed by atoms with van der Waals surface area (Å²) in [6.45, 7) is 7.79. The number of hydrogen-bond acceptors (Lipinski definition) is 6. The van der Waals surface area contributed by atoms with E-state index in [9.17, 15) is 19.2 Å². The summed E-state index contributed by atoms with van der Waals surface area (Å²) >= 11 is 0.864. The molecule has 1 fully saturated rings. The molecular formula is C23H33N3O5S. The van der Waals surface area contributed by atoms with Gasteiger partial charge in [0.15, 0.2) is 0 Å². The zero-order chi connectivity index (χ0) is 23.7. The van der Waals surface area contributed by atoms with E-state index in [2.05, 4.69) is 10.6 Å². The minimum Gasteiger partial charge on any atom is -0.444 e. The Morgan fingerprint density at radius 1 is 1.16 bits per heavy atom. The smallest absolute Gasteiger partial charge is 0.410 e. The summed E-state index contributed by atoms with van der Waals surface area (Å²) in [6, 6.07) is 7.28. The van der Waals surface area contributed by atoms with E-state index in [1.807, 2.05) is 31.2 Å². The Bertz CT molecular complexity index is 837. The molecule has 1 aliphatic heterocycles. The van der Waals surface area contributed by atoms with Gasteiger partial charge in [-0.05, 0) is 51.7 Å².